The Morgan fingerprint density at radius 3 is 2.87 bits per heavy atom. The maximum atomic E-state index is 12.2. The third-order valence-corrected chi connectivity index (χ3v) is 4.56. The number of nitrogens with one attached hydrogen (secondary N) is 1. The summed E-state index contributed by atoms with van der Waals surface area (Å²) in [4.78, 5) is 14.7. The maximum Gasteiger partial charge on any atom is 0.143 e. The third-order valence-electron chi connectivity index (χ3n) is 4.56. The second-order valence-electron chi connectivity index (χ2n) is 5.56. The molecule has 0 radical (unpaired) electrons. The molecule has 1 spiro atoms. The Labute approximate surface area is 91.2 Å². The van der Waals surface area contributed by atoms with Crippen LogP contribution in [0.1, 0.15) is 26.2 Å². The molecule has 0 bridgehead atoms. The molecule has 3 aliphatic rings. The summed E-state index contributed by atoms with van der Waals surface area (Å²) in [6.45, 7) is 6.19. The molecule has 2 heterocycles. The van der Waals surface area contributed by atoms with E-state index in [1.807, 2.05) is 0 Å². The van der Waals surface area contributed by atoms with Crippen LogP contribution in [0.15, 0.2) is 0 Å². The number of hydrogen-bond acceptors (Lipinski definition) is 3. The monoisotopic (exact) mass is 208 g/mol. The van der Waals surface area contributed by atoms with Gasteiger partial charge in [-0.1, -0.05) is 6.92 Å². The molecule has 1 aliphatic carbocycles. The maximum absolute atomic E-state index is 12.2. The van der Waals surface area contributed by atoms with Crippen LogP contribution >= 0.6 is 0 Å². The van der Waals surface area contributed by atoms with Crippen molar-refractivity contribution in [3.63, 3.8) is 0 Å². The molecular formula is C12H20N2O. The van der Waals surface area contributed by atoms with E-state index in [0.29, 0.717) is 11.7 Å². The lowest BCUT2D eigenvalue weighted by molar-refractivity contribution is -0.135. The molecular weight excluding hydrogens is 188 g/mol. The molecule has 3 fully saturated rings. The molecule has 1 N–H and O–H groups in total. The van der Waals surface area contributed by atoms with Crippen LogP contribution in [0.5, 0.6) is 0 Å². The summed E-state index contributed by atoms with van der Waals surface area (Å²) >= 11 is 0. The van der Waals surface area contributed by atoms with Crippen molar-refractivity contribution in [1.82, 2.24) is 10.2 Å². The number of Topliss-reactive ketones (excluding diaryl/α,β-unsaturated/α-hetero) is 1. The highest BCUT2D eigenvalue weighted by atomic mass is 16.1. The quantitative estimate of drug-likeness (QED) is 0.686. The number of carbonyl (C=O) groups excluding carboxylic acids is 1. The fourth-order valence-corrected chi connectivity index (χ4v) is 3.24. The Hall–Kier alpha value is -0.410. The van der Waals surface area contributed by atoms with E-state index >= 15 is 0 Å². The summed E-state index contributed by atoms with van der Waals surface area (Å²) in [5.74, 6) is 1.03. The summed E-state index contributed by atoms with van der Waals surface area (Å²) in [5.41, 5.74) is -0.0408. The van der Waals surface area contributed by atoms with Crippen molar-refractivity contribution in [3.8, 4) is 0 Å². The second kappa shape index (κ2) is 3.29. The first-order valence-electron chi connectivity index (χ1n) is 6.20. The molecule has 2 atom stereocenters. The highest BCUT2D eigenvalue weighted by Crippen LogP contribution is 2.40. The molecule has 2 aliphatic heterocycles. The van der Waals surface area contributed by atoms with Gasteiger partial charge in [-0.3, -0.25) is 9.69 Å². The van der Waals surface area contributed by atoms with Gasteiger partial charge in [0.15, 0.2) is 0 Å². The summed E-state index contributed by atoms with van der Waals surface area (Å²) in [6.07, 6.45) is 3.49. The molecule has 0 aromatic rings. The molecule has 3 nitrogen and oxygen atoms in total. The minimum atomic E-state index is -0.0408. The van der Waals surface area contributed by atoms with Crippen molar-refractivity contribution in [1.29, 1.82) is 0 Å². The minimum Gasteiger partial charge on any atom is -0.315 e. The van der Waals surface area contributed by atoms with Gasteiger partial charge in [-0.25, -0.2) is 0 Å². The van der Waals surface area contributed by atoms with Gasteiger partial charge in [0, 0.05) is 32.1 Å². The van der Waals surface area contributed by atoms with E-state index in [2.05, 4.69) is 17.1 Å². The lowest BCUT2D eigenvalue weighted by Crippen LogP contribution is -2.53. The number of hydrogen-bond donors (Lipinski definition) is 1. The Morgan fingerprint density at radius 2 is 2.27 bits per heavy atom. The molecule has 0 amide bonds. The number of rotatable bonds is 1. The number of carbonyl (C=O) groups is 1. The first-order valence-corrected chi connectivity index (χ1v) is 6.20. The van der Waals surface area contributed by atoms with Crippen molar-refractivity contribution >= 4 is 5.78 Å². The smallest absolute Gasteiger partial charge is 0.143 e. The highest BCUT2D eigenvalue weighted by Gasteiger charge is 2.51. The Morgan fingerprint density at radius 1 is 1.47 bits per heavy atom. The Bertz CT molecular complexity index is 287. The topological polar surface area (TPSA) is 32.3 Å². The lowest BCUT2D eigenvalue weighted by Gasteiger charge is -2.41. The summed E-state index contributed by atoms with van der Waals surface area (Å²) in [6, 6.07) is 0.808. The summed E-state index contributed by atoms with van der Waals surface area (Å²) in [7, 11) is 0. The van der Waals surface area contributed by atoms with Gasteiger partial charge >= 0.3 is 0 Å². The van der Waals surface area contributed by atoms with Crippen LogP contribution < -0.4 is 5.32 Å². The number of nitrogens with zero attached hydrogens (tertiary/aromatic N) is 1. The first-order chi connectivity index (χ1) is 7.22. The highest BCUT2D eigenvalue weighted by molar-refractivity contribution is 5.87. The molecule has 2 unspecified atom stereocenters. The standard InChI is InChI=1S/C12H20N2O/c1-9-6-13-7-12(9)8-14(10-2-3-10)5-4-11(12)15/h9-10,13H,2-8H2,1H3. The minimum absolute atomic E-state index is 0.0408. The van der Waals surface area contributed by atoms with Gasteiger partial charge in [0.25, 0.3) is 0 Å². The van der Waals surface area contributed by atoms with Crippen LogP contribution in [0.2, 0.25) is 0 Å². The van der Waals surface area contributed by atoms with E-state index in [9.17, 15) is 4.79 Å². The van der Waals surface area contributed by atoms with Gasteiger partial charge in [-0.05, 0) is 25.3 Å². The van der Waals surface area contributed by atoms with Gasteiger partial charge in [0.05, 0.1) is 5.41 Å². The van der Waals surface area contributed by atoms with E-state index in [-0.39, 0.29) is 5.41 Å². The van der Waals surface area contributed by atoms with Crippen molar-refractivity contribution in [2.75, 3.05) is 26.2 Å². The van der Waals surface area contributed by atoms with Crippen molar-refractivity contribution in [3.05, 3.63) is 0 Å². The zero-order valence-corrected chi connectivity index (χ0v) is 9.46. The van der Waals surface area contributed by atoms with E-state index in [1.165, 1.54) is 12.8 Å². The number of piperidine rings is 1. The number of likely N-dealkylation sites (tertiary alicyclic amines) is 1. The molecule has 0 aromatic heterocycles. The molecule has 1 saturated carbocycles. The Kier molecular flexibility index (Phi) is 2.15. The van der Waals surface area contributed by atoms with Gasteiger partial charge in [-0.2, -0.15) is 0 Å². The van der Waals surface area contributed by atoms with E-state index in [0.717, 1.165) is 38.6 Å². The largest absolute Gasteiger partial charge is 0.315 e. The zero-order valence-electron chi connectivity index (χ0n) is 9.46. The van der Waals surface area contributed by atoms with Gasteiger partial charge < -0.3 is 5.32 Å². The van der Waals surface area contributed by atoms with Crippen LogP contribution in [0.25, 0.3) is 0 Å². The van der Waals surface area contributed by atoms with Crippen LogP contribution in [-0.2, 0) is 4.79 Å². The van der Waals surface area contributed by atoms with Crippen LogP contribution in [0.3, 0.4) is 0 Å². The first kappa shape index (κ1) is 9.79. The fourth-order valence-electron chi connectivity index (χ4n) is 3.24. The van der Waals surface area contributed by atoms with E-state index in [1.54, 1.807) is 0 Å². The fraction of sp³-hybridized carbons (Fsp3) is 0.917. The molecule has 2 saturated heterocycles. The van der Waals surface area contributed by atoms with Crippen LogP contribution in [0.4, 0.5) is 0 Å². The van der Waals surface area contributed by atoms with Crippen molar-refractivity contribution in [2.45, 2.75) is 32.2 Å². The van der Waals surface area contributed by atoms with Crippen LogP contribution in [0, 0.1) is 11.3 Å². The molecule has 0 aromatic carbocycles. The van der Waals surface area contributed by atoms with Crippen LogP contribution in [-0.4, -0.2) is 42.9 Å². The van der Waals surface area contributed by atoms with Gasteiger partial charge in [0.2, 0.25) is 0 Å². The SMILES string of the molecule is CC1CNCC12CN(C1CC1)CCC2=O. The average molecular weight is 208 g/mol. The Balaban J connectivity index is 1.81. The third kappa shape index (κ3) is 1.44. The number of ketones is 1. The van der Waals surface area contributed by atoms with Gasteiger partial charge in [-0.15, -0.1) is 0 Å². The average Bonchev–Trinajstić information content (AvgIpc) is 2.99. The summed E-state index contributed by atoms with van der Waals surface area (Å²) in [5, 5.41) is 3.40. The normalized spacial score (nSPS) is 42.7. The van der Waals surface area contributed by atoms with E-state index < -0.39 is 0 Å². The van der Waals surface area contributed by atoms with Crippen molar-refractivity contribution < 1.29 is 4.79 Å². The predicted octanol–water partition coefficient (Wildman–Crippen LogP) is 0.649. The van der Waals surface area contributed by atoms with E-state index in [4.69, 9.17) is 0 Å². The molecule has 3 heteroatoms. The zero-order chi connectivity index (χ0) is 10.5. The summed E-state index contributed by atoms with van der Waals surface area (Å²) < 4.78 is 0. The second-order valence-corrected chi connectivity index (χ2v) is 5.56. The van der Waals surface area contributed by atoms with Crippen molar-refractivity contribution in [2.24, 2.45) is 11.3 Å². The van der Waals surface area contributed by atoms with Gasteiger partial charge in [0.1, 0.15) is 5.78 Å². The molecule has 84 valence electrons. The lowest BCUT2D eigenvalue weighted by atomic mass is 9.72. The molecule has 15 heavy (non-hydrogen) atoms. The molecule has 3 rings (SSSR count). The predicted molar refractivity (Wildman–Crippen MR) is 58.7 cm³/mol.